The smallest absolute Gasteiger partial charge is 0.244 e. The lowest BCUT2D eigenvalue weighted by molar-refractivity contribution is -0.116. The molecule has 116 valence electrons. The maximum Gasteiger partial charge on any atom is 0.244 e. The Morgan fingerprint density at radius 2 is 2.10 bits per heavy atom. The highest BCUT2D eigenvalue weighted by atomic mass is 16.5. The Balaban J connectivity index is 2.65. The number of para-hydroxylation sites is 1. The number of carbonyl (C=O) groups is 1. The molecule has 0 aliphatic heterocycles. The molecule has 4 heteroatoms. The molecule has 0 heterocycles. The third kappa shape index (κ3) is 6.45. The molecule has 0 aliphatic carbocycles. The van der Waals surface area contributed by atoms with E-state index in [0.717, 1.165) is 17.7 Å². The Morgan fingerprint density at radius 3 is 2.76 bits per heavy atom. The number of hydrogen-bond acceptors (Lipinski definition) is 3. The zero-order chi connectivity index (χ0) is 15.7. The molecule has 0 aromatic heterocycles. The van der Waals surface area contributed by atoms with Crippen molar-refractivity contribution in [1.82, 2.24) is 5.32 Å². The molecule has 21 heavy (non-hydrogen) atoms. The largest absolute Gasteiger partial charge is 0.490 e. The fraction of sp³-hybridized carbons (Fsp3) is 0.471. The zero-order valence-electron chi connectivity index (χ0n) is 13.0. The molecular formula is C17H25NO3. The minimum atomic E-state index is -0.173. The van der Waals surface area contributed by atoms with Gasteiger partial charge in [0.1, 0.15) is 5.75 Å². The van der Waals surface area contributed by atoms with E-state index >= 15 is 0 Å². The Morgan fingerprint density at radius 1 is 1.38 bits per heavy atom. The van der Waals surface area contributed by atoms with Crippen LogP contribution in [-0.4, -0.2) is 30.3 Å². The summed E-state index contributed by atoms with van der Waals surface area (Å²) >= 11 is 0. The second kappa shape index (κ2) is 9.19. The third-order valence-electron chi connectivity index (χ3n) is 3.17. The van der Waals surface area contributed by atoms with Gasteiger partial charge in [0, 0.05) is 24.8 Å². The summed E-state index contributed by atoms with van der Waals surface area (Å²) in [4.78, 5) is 11.7. The summed E-state index contributed by atoms with van der Waals surface area (Å²) in [6.45, 7) is 6.49. The van der Waals surface area contributed by atoms with Crippen LogP contribution in [-0.2, 0) is 4.79 Å². The van der Waals surface area contributed by atoms with Gasteiger partial charge in [0.15, 0.2) is 0 Å². The molecule has 0 saturated carbocycles. The van der Waals surface area contributed by atoms with Gasteiger partial charge in [-0.1, -0.05) is 32.0 Å². The zero-order valence-corrected chi connectivity index (χ0v) is 13.0. The van der Waals surface area contributed by atoms with Gasteiger partial charge >= 0.3 is 0 Å². The molecule has 1 amide bonds. The van der Waals surface area contributed by atoms with Crippen molar-refractivity contribution in [2.24, 2.45) is 5.92 Å². The third-order valence-corrected chi connectivity index (χ3v) is 3.17. The maximum atomic E-state index is 11.7. The van der Waals surface area contributed by atoms with Gasteiger partial charge in [-0.3, -0.25) is 4.79 Å². The molecule has 0 saturated heterocycles. The predicted molar refractivity (Wildman–Crippen MR) is 85.1 cm³/mol. The van der Waals surface area contributed by atoms with Gasteiger partial charge < -0.3 is 15.2 Å². The van der Waals surface area contributed by atoms with Crippen molar-refractivity contribution in [3.63, 3.8) is 0 Å². The Hall–Kier alpha value is -1.81. The number of carbonyl (C=O) groups excluding carboxylic acids is 1. The first-order chi connectivity index (χ1) is 10.1. The molecule has 0 radical (unpaired) electrons. The number of aliphatic hydroxyl groups excluding tert-OH is 1. The van der Waals surface area contributed by atoms with Gasteiger partial charge in [0.25, 0.3) is 0 Å². The van der Waals surface area contributed by atoms with E-state index < -0.39 is 0 Å². The highest BCUT2D eigenvalue weighted by molar-refractivity contribution is 5.92. The summed E-state index contributed by atoms with van der Waals surface area (Å²) in [5.74, 6) is 0.664. The Labute approximate surface area is 126 Å². The molecular weight excluding hydrogens is 266 g/mol. The SMILES string of the molecule is CCC(C)Oc1ccccc1/C=C/C(=O)NCC(C)CO. The highest BCUT2D eigenvalue weighted by Crippen LogP contribution is 2.21. The topological polar surface area (TPSA) is 58.6 Å². The van der Waals surface area contributed by atoms with Crippen molar-refractivity contribution in [3.05, 3.63) is 35.9 Å². The molecule has 0 fully saturated rings. The molecule has 2 N–H and O–H groups in total. The lowest BCUT2D eigenvalue weighted by Gasteiger charge is -2.14. The van der Waals surface area contributed by atoms with E-state index in [1.807, 2.05) is 38.1 Å². The van der Waals surface area contributed by atoms with Crippen LogP contribution in [0.4, 0.5) is 0 Å². The molecule has 4 nitrogen and oxygen atoms in total. The van der Waals surface area contributed by atoms with Crippen molar-refractivity contribution >= 4 is 12.0 Å². The Kier molecular flexibility index (Phi) is 7.54. The molecule has 0 spiro atoms. The second-order valence-corrected chi connectivity index (χ2v) is 5.24. The monoisotopic (exact) mass is 291 g/mol. The average Bonchev–Trinajstić information content (AvgIpc) is 2.51. The molecule has 1 rings (SSSR count). The molecule has 1 aromatic rings. The number of ether oxygens (including phenoxy) is 1. The minimum absolute atomic E-state index is 0.0587. The summed E-state index contributed by atoms with van der Waals surface area (Å²) in [5.41, 5.74) is 0.878. The fourth-order valence-corrected chi connectivity index (χ4v) is 1.59. The normalized spacial score (nSPS) is 13.9. The number of hydrogen-bond donors (Lipinski definition) is 2. The van der Waals surface area contributed by atoms with E-state index in [2.05, 4.69) is 12.2 Å². The highest BCUT2D eigenvalue weighted by Gasteiger charge is 2.05. The lowest BCUT2D eigenvalue weighted by atomic mass is 10.1. The summed E-state index contributed by atoms with van der Waals surface area (Å²) in [7, 11) is 0. The van der Waals surface area contributed by atoms with E-state index in [4.69, 9.17) is 9.84 Å². The minimum Gasteiger partial charge on any atom is -0.490 e. The molecule has 0 aliphatic rings. The first-order valence-electron chi connectivity index (χ1n) is 7.39. The number of aliphatic hydroxyl groups is 1. The van der Waals surface area contributed by atoms with Gasteiger partial charge in [-0.15, -0.1) is 0 Å². The number of nitrogens with one attached hydrogen (secondary N) is 1. The summed E-state index contributed by atoms with van der Waals surface area (Å²) < 4.78 is 5.83. The predicted octanol–water partition coefficient (Wildman–Crippen LogP) is 2.62. The van der Waals surface area contributed by atoms with Crippen LogP contribution in [0.15, 0.2) is 30.3 Å². The maximum absolute atomic E-state index is 11.7. The molecule has 1 aromatic carbocycles. The van der Waals surface area contributed by atoms with Gasteiger partial charge in [-0.2, -0.15) is 0 Å². The van der Waals surface area contributed by atoms with Crippen molar-refractivity contribution in [2.75, 3.05) is 13.2 Å². The summed E-state index contributed by atoms with van der Waals surface area (Å²) in [5, 5.41) is 11.7. The van der Waals surface area contributed by atoms with Crippen molar-refractivity contribution in [1.29, 1.82) is 0 Å². The quantitative estimate of drug-likeness (QED) is 0.724. The Bertz CT molecular complexity index is 471. The van der Waals surface area contributed by atoms with Crippen LogP contribution >= 0.6 is 0 Å². The number of rotatable bonds is 8. The molecule has 2 unspecified atom stereocenters. The van der Waals surface area contributed by atoms with Gasteiger partial charge in [-0.05, 0) is 31.4 Å². The molecule has 0 bridgehead atoms. The van der Waals surface area contributed by atoms with Crippen LogP contribution in [0, 0.1) is 5.92 Å². The van der Waals surface area contributed by atoms with Crippen molar-refractivity contribution in [3.8, 4) is 5.75 Å². The second-order valence-electron chi connectivity index (χ2n) is 5.24. The summed E-state index contributed by atoms with van der Waals surface area (Å²) in [6, 6.07) is 7.64. The van der Waals surface area contributed by atoms with E-state index in [1.54, 1.807) is 6.08 Å². The van der Waals surface area contributed by atoms with Gasteiger partial charge in [0.05, 0.1) is 6.10 Å². The number of amides is 1. The van der Waals surface area contributed by atoms with E-state index in [1.165, 1.54) is 6.08 Å². The van der Waals surface area contributed by atoms with E-state index in [9.17, 15) is 4.79 Å². The lowest BCUT2D eigenvalue weighted by Crippen LogP contribution is -2.27. The van der Waals surface area contributed by atoms with Crippen LogP contribution in [0.3, 0.4) is 0 Å². The van der Waals surface area contributed by atoms with Crippen LogP contribution in [0.1, 0.15) is 32.8 Å². The first-order valence-corrected chi connectivity index (χ1v) is 7.39. The molecule has 2 atom stereocenters. The first kappa shape index (κ1) is 17.2. The van der Waals surface area contributed by atoms with Gasteiger partial charge in [-0.25, -0.2) is 0 Å². The van der Waals surface area contributed by atoms with Crippen LogP contribution < -0.4 is 10.1 Å². The van der Waals surface area contributed by atoms with E-state index in [-0.39, 0.29) is 24.5 Å². The van der Waals surface area contributed by atoms with Crippen LogP contribution in [0.2, 0.25) is 0 Å². The van der Waals surface area contributed by atoms with Crippen molar-refractivity contribution in [2.45, 2.75) is 33.3 Å². The van der Waals surface area contributed by atoms with Crippen LogP contribution in [0.25, 0.3) is 6.08 Å². The standard InChI is InChI=1S/C17H25NO3/c1-4-14(3)21-16-8-6-5-7-15(16)9-10-17(20)18-11-13(2)12-19/h5-10,13-14,19H,4,11-12H2,1-3H3,(H,18,20)/b10-9+. The fourth-order valence-electron chi connectivity index (χ4n) is 1.59. The summed E-state index contributed by atoms with van der Waals surface area (Å²) in [6.07, 6.45) is 4.30. The number of benzene rings is 1. The van der Waals surface area contributed by atoms with E-state index in [0.29, 0.717) is 6.54 Å². The van der Waals surface area contributed by atoms with Gasteiger partial charge in [0.2, 0.25) is 5.91 Å². The van der Waals surface area contributed by atoms with Crippen LogP contribution in [0.5, 0.6) is 5.75 Å². The average molecular weight is 291 g/mol. The van der Waals surface area contributed by atoms with Crippen molar-refractivity contribution < 1.29 is 14.6 Å².